The topological polar surface area (TPSA) is 85.1 Å². The summed E-state index contributed by atoms with van der Waals surface area (Å²) in [7, 11) is -3.55. The summed E-state index contributed by atoms with van der Waals surface area (Å²) in [5, 5.41) is 0. The van der Waals surface area contributed by atoms with Gasteiger partial charge in [0.1, 0.15) is 4.90 Å². The largest absolute Gasteiger partial charge is 0.398 e. The van der Waals surface area contributed by atoms with Gasteiger partial charge in [-0.25, -0.2) is 13.1 Å². The third-order valence-corrected chi connectivity index (χ3v) is 4.63. The van der Waals surface area contributed by atoms with Gasteiger partial charge in [0.05, 0.1) is 5.69 Å². The van der Waals surface area contributed by atoms with E-state index in [4.69, 9.17) is 5.73 Å². The minimum atomic E-state index is -3.55. The lowest BCUT2D eigenvalue weighted by Gasteiger charge is -2.38. The standard InChI is InChI=1S/C10H15N3O2S/c1-10(4-2-5-10)13-16(14,15)9-7-12-6-3-8(9)11/h3,6-7,13H,2,4-5H2,1H3,(H2,11,12). The average molecular weight is 241 g/mol. The van der Waals surface area contributed by atoms with Crippen LogP contribution in [0.1, 0.15) is 26.2 Å². The zero-order chi connectivity index (χ0) is 11.8. The number of rotatable bonds is 3. The molecule has 0 spiro atoms. The van der Waals surface area contributed by atoms with Gasteiger partial charge in [-0.3, -0.25) is 4.98 Å². The Bertz CT molecular complexity index is 495. The summed E-state index contributed by atoms with van der Waals surface area (Å²) < 4.78 is 26.7. The van der Waals surface area contributed by atoms with E-state index in [2.05, 4.69) is 9.71 Å². The maximum Gasteiger partial charge on any atom is 0.244 e. The summed E-state index contributed by atoms with van der Waals surface area (Å²) in [5.41, 5.74) is 5.53. The summed E-state index contributed by atoms with van der Waals surface area (Å²) >= 11 is 0. The molecule has 1 fully saturated rings. The van der Waals surface area contributed by atoms with Crippen LogP contribution in [0.5, 0.6) is 0 Å². The summed E-state index contributed by atoms with van der Waals surface area (Å²) in [6.07, 6.45) is 5.54. The second kappa shape index (κ2) is 3.71. The number of nitrogens with zero attached hydrogens (tertiary/aromatic N) is 1. The highest BCUT2D eigenvalue weighted by Crippen LogP contribution is 2.33. The van der Waals surface area contributed by atoms with Crippen LogP contribution in [0, 0.1) is 0 Å². The first-order valence-electron chi connectivity index (χ1n) is 5.16. The van der Waals surface area contributed by atoms with Crippen LogP contribution in [0.25, 0.3) is 0 Å². The van der Waals surface area contributed by atoms with Crippen LogP contribution in [0.15, 0.2) is 23.4 Å². The lowest BCUT2D eigenvalue weighted by Crippen LogP contribution is -2.50. The van der Waals surface area contributed by atoms with Gasteiger partial charge in [0, 0.05) is 17.9 Å². The minimum absolute atomic E-state index is 0.0584. The van der Waals surface area contributed by atoms with Crippen molar-refractivity contribution in [3.05, 3.63) is 18.5 Å². The van der Waals surface area contributed by atoms with E-state index in [9.17, 15) is 8.42 Å². The third kappa shape index (κ3) is 2.03. The number of sulfonamides is 1. The van der Waals surface area contributed by atoms with E-state index >= 15 is 0 Å². The zero-order valence-corrected chi connectivity index (χ0v) is 9.92. The molecule has 16 heavy (non-hydrogen) atoms. The molecule has 88 valence electrons. The summed E-state index contributed by atoms with van der Waals surface area (Å²) in [6, 6.07) is 1.48. The lowest BCUT2D eigenvalue weighted by atomic mass is 9.80. The minimum Gasteiger partial charge on any atom is -0.398 e. The first-order chi connectivity index (χ1) is 7.43. The molecule has 1 saturated carbocycles. The van der Waals surface area contributed by atoms with Gasteiger partial charge in [-0.1, -0.05) is 0 Å². The maximum atomic E-state index is 12.0. The van der Waals surface area contributed by atoms with Crippen molar-refractivity contribution in [1.82, 2.24) is 9.71 Å². The molecule has 6 heteroatoms. The Balaban J connectivity index is 2.29. The average Bonchev–Trinajstić information content (AvgIpc) is 2.15. The fourth-order valence-corrected chi connectivity index (χ4v) is 3.34. The van der Waals surface area contributed by atoms with E-state index < -0.39 is 10.0 Å². The van der Waals surface area contributed by atoms with Crippen molar-refractivity contribution in [2.24, 2.45) is 0 Å². The first kappa shape index (κ1) is 11.3. The molecule has 0 atom stereocenters. The van der Waals surface area contributed by atoms with Crippen molar-refractivity contribution in [3.8, 4) is 0 Å². The fraction of sp³-hybridized carbons (Fsp3) is 0.500. The van der Waals surface area contributed by atoms with Gasteiger partial charge in [-0.15, -0.1) is 0 Å². The molecule has 0 bridgehead atoms. The smallest absolute Gasteiger partial charge is 0.244 e. The fourth-order valence-electron chi connectivity index (χ4n) is 1.80. The lowest BCUT2D eigenvalue weighted by molar-refractivity contribution is 0.248. The van der Waals surface area contributed by atoms with E-state index in [1.807, 2.05) is 6.92 Å². The van der Waals surface area contributed by atoms with Crippen molar-refractivity contribution in [1.29, 1.82) is 0 Å². The van der Waals surface area contributed by atoms with Crippen LogP contribution in [0.4, 0.5) is 5.69 Å². The maximum absolute atomic E-state index is 12.0. The number of hydrogen-bond acceptors (Lipinski definition) is 4. The van der Waals surface area contributed by atoms with Crippen LogP contribution in [0.3, 0.4) is 0 Å². The zero-order valence-electron chi connectivity index (χ0n) is 9.10. The molecule has 5 nitrogen and oxygen atoms in total. The number of anilines is 1. The van der Waals surface area contributed by atoms with Crippen LogP contribution in [-0.4, -0.2) is 18.9 Å². The van der Waals surface area contributed by atoms with Crippen LogP contribution >= 0.6 is 0 Å². The highest BCUT2D eigenvalue weighted by atomic mass is 32.2. The van der Waals surface area contributed by atoms with E-state index in [0.717, 1.165) is 19.3 Å². The van der Waals surface area contributed by atoms with Crippen LogP contribution < -0.4 is 10.5 Å². The van der Waals surface area contributed by atoms with Gasteiger partial charge in [0.15, 0.2) is 0 Å². The summed E-state index contributed by atoms with van der Waals surface area (Å²) in [6.45, 7) is 1.90. The molecule has 0 unspecified atom stereocenters. The molecule has 1 heterocycles. The molecule has 0 saturated heterocycles. The number of nitrogen functional groups attached to an aromatic ring is 1. The predicted octanol–water partition coefficient (Wildman–Crippen LogP) is 0.885. The molecule has 3 N–H and O–H groups in total. The second-order valence-electron chi connectivity index (χ2n) is 4.43. The summed E-state index contributed by atoms with van der Waals surface area (Å²) in [5.74, 6) is 0. The SMILES string of the molecule is CC1(NS(=O)(=O)c2cnccc2N)CCC1. The van der Waals surface area contributed by atoms with Crippen molar-refractivity contribution in [3.63, 3.8) is 0 Å². The van der Waals surface area contributed by atoms with E-state index in [0.29, 0.717) is 0 Å². The Morgan fingerprint density at radius 3 is 2.69 bits per heavy atom. The molecule has 1 aromatic rings. The number of pyridine rings is 1. The molecule has 1 aliphatic carbocycles. The second-order valence-corrected chi connectivity index (χ2v) is 6.08. The van der Waals surface area contributed by atoms with Crippen molar-refractivity contribution < 1.29 is 8.42 Å². The van der Waals surface area contributed by atoms with Gasteiger partial charge >= 0.3 is 0 Å². The van der Waals surface area contributed by atoms with E-state index in [-0.39, 0.29) is 16.1 Å². The highest BCUT2D eigenvalue weighted by molar-refractivity contribution is 7.89. The number of aromatic nitrogens is 1. The van der Waals surface area contributed by atoms with E-state index in [1.54, 1.807) is 0 Å². The van der Waals surface area contributed by atoms with Crippen molar-refractivity contribution in [2.75, 3.05) is 5.73 Å². The molecular formula is C10H15N3O2S. The monoisotopic (exact) mass is 241 g/mol. The van der Waals surface area contributed by atoms with Gasteiger partial charge < -0.3 is 5.73 Å². The van der Waals surface area contributed by atoms with Crippen molar-refractivity contribution in [2.45, 2.75) is 36.6 Å². The quantitative estimate of drug-likeness (QED) is 0.822. The number of hydrogen-bond donors (Lipinski definition) is 2. The number of nitrogens with one attached hydrogen (secondary N) is 1. The van der Waals surface area contributed by atoms with Crippen LogP contribution in [0.2, 0.25) is 0 Å². The van der Waals surface area contributed by atoms with Gasteiger partial charge in [0.25, 0.3) is 0 Å². The molecular weight excluding hydrogens is 226 g/mol. The molecule has 1 aliphatic rings. The normalized spacial score (nSPS) is 19.1. The Morgan fingerprint density at radius 1 is 1.50 bits per heavy atom. The van der Waals surface area contributed by atoms with Gasteiger partial charge in [-0.05, 0) is 32.3 Å². The predicted molar refractivity (Wildman–Crippen MR) is 61.2 cm³/mol. The van der Waals surface area contributed by atoms with Gasteiger partial charge in [0.2, 0.25) is 10.0 Å². The van der Waals surface area contributed by atoms with Crippen molar-refractivity contribution >= 4 is 15.7 Å². The van der Waals surface area contributed by atoms with E-state index in [1.165, 1.54) is 18.5 Å². The molecule has 1 aromatic heterocycles. The Hall–Kier alpha value is -1.14. The summed E-state index contributed by atoms with van der Waals surface area (Å²) in [4.78, 5) is 3.84. The highest BCUT2D eigenvalue weighted by Gasteiger charge is 2.36. The number of nitrogens with two attached hydrogens (primary N) is 1. The van der Waals surface area contributed by atoms with Crippen LogP contribution in [-0.2, 0) is 10.0 Å². The third-order valence-electron chi connectivity index (χ3n) is 2.94. The Labute approximate surface area is 95.1 Å². The van der Waals surface area contributed by atoms with Gasteiger partial charge in [-0.2, -0.15) is 0 Å². The molecule has 2 rings (SSSR count). The molecule has 0 aromatic carbocycles. The molecule has 0 amide bonds. The Morgan fingerprint density at radius 2 is 2.19 bits per heavy atom. The molecule has 0 radical (unpaired) electrons. The molecule has 0 aliphatic heterocycles. The Kier molecular flexibility index (Phi) is 2.63. The first-order valence-corrected chi connectivity index (χ1v) is 6.65.